The number of carbonyl (C=O) groups excluding carboxylic acids is 1. The van der Waals surface area contributed by atoms with Crippen LogP contribution < -0.4 is 4.74 Å². The summed E-state index contributed by atoms with van der Waals surface area (Å²) in [6, 6.07) is 21.9. The molecule has 0 fully saturated rings. The van der Waals surface area contributed by atoms with Gasteiger partial charge >= 0.3 is 0 Å². The third-order valence-electron chi connectivity index (χ3n) is 6.29. The standard InChI is InChI=1S/C28H26FN3O2S/c1-3-31-17-27(23-6-4-5-7-25(23)31)35-18-28(33)32-26(20-8-12-21(29)13-9-20)16-24(30-32)19-10-14-22(34-2)15-11-19/h4-15,17,26H,3,16,18H2,1-2H3/t26-/m0/s1. The first-order valence-electron chi connectivity index (χ1n) is 11.6. The van der Waals surface area contributed by atoms with Crippen LogP contribution in [-0.2, 0) is 11.3 Å². The van der Waals surface area contributed by atoms with E-state index in [1.165, 1.54) is 23.9 Å². The van der Waals surface area contributed by atoms with Crippen LogP contribution in [0.1, 0.15) is 30.5 Å². The largest absolute Gasteiger partial charge is 0.497 e. The fourth-order valence-electron chi connectivity index (χ4n) is 4.44. The van der Waals surface area contributed by atoms with Gasteiger partial charge in [0, 0.05) is 35.0 Å². The first-order chi connectivity index (χ1) is 17.1. The first-order valence-corrected chi connectivity index (χ1v) is 12.6. The number of hydrogen-bond acceptors (Lipinski definition) is 4. The Hall–Kier alpha value is -3.58. The van der Waals surface area contributed by atoms with Gasteiger partial charge in [-0.25, -0.2) is 9.40 Å². The fourth-order valence-corrected chi connectivity index (χ4v) is 5.38. The van der Waals surface area contributed by atoms with Crippen molar-refractivity contribution in [2.45, 2.75) is 30.8 Å². The second-order valence-electron chi connectivity index (χ2n) is 8.37. The summed E-state index contributed by atoms with van der Waals surface area (Å²) in [6.45, 7) is 2.97. The maximum absolute atomic E-state index is 13.6. The Balaban J connectivity index is 1.41. The van der Waals surface area contributed by atoms with E-state index in [0.29, 0.717) is 6.42 Å². The number of para-hydroxylation sites is 1. The van der Waals surface area contributed by atoms with Gasteiger partial charge in [0.2, 0.25) is 0 Å². The highest BCUT2D eigenvalue weighted by atomic mass is 32.2. The number of methoxy groups -OCH3 is 1. The minimum Gasteiger partial charge on any atom is -0.497 e. The number of benzene rings is 3. The third-order valence-corrected chi connectivity index (χ3v) is 7.32. The number of hydrogen-bond donors (Lipinski definition) is 0. The Bertz CT molecular complexity index is 1380. The number of ether oxygens (including phenoxy) is 1. The average molecular weight is 488 g/mol. The van der Waals surface area contributed by atoms with Crippen LogP contribution in [0.5, 0.6) is 5.75 Å². The highest BCUT2D eigenvalue weighted by Gasteiger charge is 2.33. The van der Waals surface area contributed by atoms with Crippen molar-refractivity contribution in [2.24, 2.45) is 5.10 Å². The van der Waals surface area contributed by atoms with Crippen molar-refractivity contribution in [1.29, 1.82) is 0 Å². The summed E-state index contributed by atoms with van der Waals surface area (Å²) in [7, 11) is 1.63. The van der Waals surface area contributed by atoms with Crippen molar-refractivity contribution in [3.05, 3.63) is 95.9 Å². The summed E-state index contributed by atoms with van der Waals surface area (Å²) >= 11 is 1.52. The summed E-state index contributed by atoms with van der Waals surface area (Å²) < 4.78 is 21.0. The number of thioether (sulfide) groups is 1. The summed E-state index contributed by atoms with van der Waals surface area (Å²) in [5, 5.41) is 7.45. The lowest BCUT2D eigenvalue weighted by molar-refractivity contribution is -0.130. The molecule has 1 atom stereocenters. The van der Waals surface area contributed by atoms with Crippen LogP contribution in [0.3, 0.4) is 0 Å². The number of rotatable bonds is 7. The molecule has 0 saturated carbocycles. The second-order valence-corrected chi connectivity index (χ2v) is 9.39. The number of aryl methyl sites for hydroxylation is 1. The Labute approximate surface area is 208 Å². The molecule has 0 spiro atoms. The molecule has 5 nitrogen and oxygen atoms in total. The highest BCUT2D eigenvalue weighted by molar-refractivity contribution is 8.00. The molecule has 3 aromatic carbocycles. The lowest BCUT2D eigenvalue weighted by atomic mass is 9.98. The maximum Gasteiger partial charge on any atom is 0.253 e. The molecular weight excluding hydrogens is 461 g/mol. The minimum atomic E-state index is -0.302. The molecule has 1 aliphatic heterocycles. The zero-order chi connectivity index (χ0) is 24.4. The van der Waals surface area contributed by atoms with Gasteiger partial charge in [-0.15, -0.1) is 11.8 Å². The predicted octanol–water partition coefficient (Wildman–Crippen LogP) is 6.28. The Morgan fingerprint density at radius 1 is 1.09 bits per heavy atom. The Morgan fingerprint density at radius 3 is 2.54 bits per heavy atom. The number of fused-ring (bicyclic) bond motifs is 1. The summed E-state index contributed by atoms with van der Waals surface area (Å²) in [5.41, 5.74) is 3.78. The van der Waals surface area contributed by atoms with E-state index in [1.807, 2.05) is 36.4 Å². The van der Waals surface area contributed by atoms with Crippen molar-refractivity contribution in [3.63, 3.8) is 0 Å². The quantitative estimate of drug-likeness (QED) is 0.288. The van der Waals surface area contributed by atoms with E-state index in [4.69, 9.17) is 9.84 Å². The van der Waals surface area contributed by atoms with Crippen LogP contribution >= 0.6 is 11.8 Å². The van der Waals surface area contributed by atoms with E-state index in [9.17, 15) is 9.18 Å². The van der Waals surface area contributed by atoms with Gasteiger partial charge in [-0.3, -0.25) is 4.79 Å². The van der Waals surface area contributed by atoms with E-state index in [2.05, 4.69) is 29.8 Å². The van der Waals surface area contributed by atoms with Gasteiger partial charge in [-0.05, 0) is 60.5 Å². The van der Waals surface area contributed by atoms with Crippen molar-refractivity contribution < 1.29 is 13.9 Å². The summed E-state index contributed by atoms with van der Waals surface area (Å²) in [4.78, 5) is 14.5. The van der Waals surface area contributed by atoms with Gasteiger partial charge in [-0.1, -0.05) is 30.3 Å². The van der Waals surface area contributed by atoms with Crippen LogP contribution in [0.15, 0.2) is 89.0 Å². The molecule has 0 bridgehead atoms. The van der Waals surface area contributed by atoms with E-state index in [-0.39, 0.29) is 23.5 Å². The molecule has 0 aliphatic carbocycles. The minimum absolute atomic E-state index is 0.0823. The van der Waals surface area contributed by atoms with Crippen molar-refractivity contribution in [1.82, 2.24) is 9.58 Å². The smallest absolute Gasteiger partial charge is 0.253 e. The molecule has 0 saturated heterocycles. The molecular formula is C28H26FN3O2S. The Kier molecular flexibility index (Phi) is 6.59. The van der Waals surface area contributed by atoms with E-state index < -0.39 is 0 Å². The van der Waals surface area contributed by atoms with Crippen LogP contribution in [0.25, 0.3) is 10.9 Å². The molecule has 7 heteroatoms. The number of aromatic nitrogens is 1. The SMILES string of the molecule is CCn1cc(SCC(=O)N2N=C(c3ccc(OC)cc3)C[C@H]2c2ccc(F)cc2)c2ccccc21. The molecule has 35 heavy (non-hydrogen) atoms. The van der Waals surface area contributed by atoms with E-state index in [1.54, 1.807) is 24.3 Å². The summed E-state index contributed by atoms with van der Waals surface area (Å²) in [6.07, 6.45) is 2.67. The molecule has 5 rings (SSSR count). The molecule has 2 heterocycles. The van der Waals surface area contributed by atoms with Crippen molar-refractivity contribution in [3.8, 4) is 5.75 Å². The number of hydrazone groups is 1. The molecule has 1 aliphatic rings. The Morgan fingerprint density at radius 2 is 1.83 bits per heavy atom. The van der Waals surface area contributed by atoms with E-state index in [0.717, 1.165) is 44.9 Å². The zero-order valence-corrected chi connectivity index (χ0v) is 20.5. The highest BCUT2D eigenvalue weighted by Crippen LogP contribution is 2.35. The number of carbonyl (C=O) groups is 1. The topological polar surface area (TPSA) is 46.8 Å². The molecule has 0 N–H and O–H groups in total. The van der Waals surface area contributed by atoms with Crippen LogP contribution in [-0.4, -0.2) is 34.1 Å². The first kappa shape index (κ1) is 23.2. The lowest BCUT2D eigenvalue weighted by Gasteiger charge is -2.22. The van der Waals surface area contributed by atoms with E-state index >= 15 is 0 Å². The summed E-state index contributed by atoms with van der Waals surface area (Å²) in [5.74, 6) is 0.636. The van der Waals surface area contributed by atoms with Gasteiger partial charge in [0.15, 0.2) is 0 Å². The van der Waals surface area contributed by atoms with Gasteiger partial charge in [0.25, 0.3) is 5.91 Å². The normalized spacial score (nSPS) is 15.5. The third kappa shape index (κ3) is 4.68. The molecule has 4 aromatic rings. The van der Waals surface area contributed by atoms with Crippen LogP contribution in [0, 0.1) is 5.82 Å². The van der Waals surface area contributed by atoms with Gasteiger partial charge in [-0.2, -0.15) is 5.10 Å². The lowest BCUT2D eigenvalue weighted by Crippen LogP contribution is -2.28. The van der Waals surface area contributed by atoms with Gasteiger partial charge in [0.1, 0.15) is 11.6 Å². The number of amides is 1. The second kappa shape index (κ2) is 9.96. The van der Waals surface area contributed by atoms with Crippen molar-refractivity contribution >= 4 is 34.3 Å². The van der Waals surface area contributed by atoms with Crippen LogP contribution in [0.4, 0.5) is 4.39 Å². The van der Waals surface area contributed by atoms with Gasteiger partial charge in [0.05, 0.1) is 24.6 Å². The molecule has 1 amide bonds. The molecule has 0 unspecified atom stereocenters. The van der Waals surface area contributed by atoms with Crippen LogP contribution in [0.2, 0.25) is 0 Å². The zero-order valence-electron chi connectivity index (χ0n) is 19.6. The van der Waals surface area contributed by atoms with Crippen molar-refractivity contribution in [2.75, 3.05) is 12.9 Å². The molecule has 1 aromatic heterocycles. The average Bonchev–Trinajstić information content (AvgIpc) is 3.50. The van der Waals surface area contributed by atoms with Gasteiger partial charge < -0.3 is 9.30 Å². The number of nitrogens with zero attached hydrogens (tertiary/aromatic N) is 3. The number of halogens is 1. The molecule has 178 valence electrons. The fraction of sp³-hybridized carbons (Fsp3) is 0.214. The maximum atomic E-state index is 13.6. The predicted molar refractivity (Wildman–Crippen MR) is 138 cm³/mol. The monoisotopic (exact) mass is 487 g/mol. The molecule has 0 radical (unpaired) electrons.